The molecule has 0 unspecified atom stereocenters. The summed E-state index contributed by atoms with van der Waals surface area (Å²) in [6.45, 7) is 6.10. The van der Waals surface area contributed by atoms with Crippen molar-refractivity contribution in [3.05, 3.63) is 143 Å². The molecule has 1 aliphatic rings. The number of aliphatic hydroxyl groups excluding tert-OH is 1. The van der Waals surface area contributed by atoms with Crippen molar-refractivity contribution in [3.63, 3.8) is 0 Å². The molecular weight excluding hydrogens is 640 g/mol. The molecule has 5 aromatic carbocycles. The van der Waals surface area contributed by atoms with Crippen LogP contribution in [0.5, 0.6) is 0 Å². The number of esters is 1. The van der Waals surface area contributed by atoms with E-state index in [1.54, 1.807) is 6.92 Å². The number of amides is 1. The lowest BCUT2D eigenvalue weighted by Crippen LogP contribution is -2.38. The lowest BCUT2D eigenvalue weighted by Gasteiger charge is -2.39. The third-order valence-corrected chi connectivity index (χ3v) is 9.65. The number of aliphatic hydroxyl groups is 1. The first kappa shape index (κ1) is 35.9. The summed E-state index contributed by atoms with van der Waals surface area (Å²) in [4.78, 5) is 25.9. The van der Waals surface area contributed by atoms with Crippen LogP contribution in [-0.4, -0.2) is 47.7 Å². The number of nitrogens with zero attached hydrogens (tertiary/aromatic N) is 1. The van der Waals surface area contributed by atoms with Crippen molar-refractivity contribution < 1.29 is 28.9 Å². The molecule has 1 aliphatic heterocycles. The molecule has 6 rings (SSSR count). The number of carbonyl (C=O) groups is 2. The molecule has 8 nitrogen and oxygen atoms in total. The van der Waals surface area contributed by atoms with E-state index in [9.17, 15) is 14.7 Å². The topological polar surface area (TPSA) is 97.3 Å². The van der Waals surface area contributed by atoms with Gasteiger partial charge in [0.2, 0.25) is 0 Å². The summed E-state index contributed by atoms with van der Waals surface area (Å²) in [6.07, 6.45) is -0.985. The lowest BCUT2D eigenvalue weighted by atomic mass is 9.98. The summed E-state index contributed by atoms with van der Waals surface area (Å²) in [7, 11) is 2.15. The lowest BCUT2D eigenvalue weighted by molar-refractivity contribution is -0.253. The molecule has 0 aliphatic carbocycles. The molecule has 1 amide bonds. The van der Waals surface area contributed by atoms with Crippen LogP contribution in [0, 0.1) is 0 Å². The van der Waals surface area contributed by atoms with Gasteiger partial charge in [-0.1, -0.05) is 103 Å². The highest BCUT2D eigenvalue weighted by atomic mass is 16.7. The largest absolute Gasteiger partial charge is 0.453 e. The van der Waals surface area contributed by atoms with Crippen molar-refractivity contribution in [2.24, 2.45) is 0 Å². The highest BCUT2D eigenvalue weighted by molar-refractivity contribution is 5.83. The fourth-order valence-electron chi connectivity index (χ4n) is 6.56. The molecular formula is C43H46N2O6. The molecule has 0 saturated carbocycles. The monoisotopic (exact) mass is 686 g/mol. The van der Waals surface area contributed by atoms with E-state index in [4.69, 9.17) is 14.2 Å². The standard InChI is InChI=1S/C43H46N2O6/c1-28(37-21-18-33-9-5-6-10-39(33)23-37)45(4)26-40-24-41(35-14-12-31(27-46)13-15-35)51-43(50-40)36-19-16-34(17-20-36)38-11-7-8-32(22-38)25-44-42(48)29(2)49-30(3)47/h5-23,28-29,40-41,43,46H,24-27H2,1-4H3,(H,44,48)/t28-,29+,40+,41-,43-/m1/s1. The Morgan fingerprint density at radius 3 is 2.27 bits per heavy atom. The first-order valence-corrected chi connectivity index (χ1v) is 17.5. The average molecular weight is 687 g/mol. The van der Waals surface area contributed by atoms with Gasteiger partial charge >= 0.3 is 5.97 Å². The van der Waals surface area contributed by atoms with Crippen LogP contribution in [0.2, 0.25) is 0 Å². The Morgan fingerprint density at radius 1 is 0.824 bits per heavy atom. The molecule has 0 aromatic heterocycles. The Morgan fingerprint density at radius 2 is 1.55 bits per heavy atom. The third-order valence-electron chi connectivity index (χ3n) is 9.65. The van der Waals surface area contributed by atoms with Gasteiger partial charge in [-0.25, -0.2) is 0 Å². The Labute approximate surface area is 300 Å². The third kappa shape index (κ3) is 9.09. The maximum Gasteiger partial charge on any atom is 0.303 e. The molecule has 264 valence electrons. The second-order valence-corrected chi connectivity index (χ2v) is 13.4. The van der Waals surface area contributed by atoms with E-state index in [2.05, 4.69) is 78.8 Å². The van der Waals surface area contributed by atoms with Crippen LogP contribution in [0.25, 0.3) is 21.9 Å². The minimum absolute atomic E-state index is 0.00317. The van der Waals surface area contributed by atoms with Gasteiger partial charge in [-0.3, -0.25) is 14.5 Å². The number of nitrogens with one attached hydrogen (secondary N) is 1. The summed E-state index contributed by atoms with van der Waals surface area (Å²) in [5.74, 6) is -0.837. The predicted molar refractivity (Wildman–Crippen MR) is 198 cm³/mol. The second kappa shape index (κ2) is 16.4. The molecule has 0 spiro atoms. The molecule has 1 fully saturated rings. The summed E-state index contributed by atoms with van der Waals surface area (Å²) in [6, 6.07) is 39.4. The van der Waals surface area contributed by atoms with Crippen molar-refractivity contribution >= 4 is 22.6 Å². The van der Waals surface area contributed by atoms with Gasteiger partial charge in [-0.05, 0) is 77.2 Å². The van der Waals surface area contributed by atoms with E-state index in [-0.39, 0.29) is 30.8 Å². The molecule has 51 heavy (non-hydrogen) atoms. The van der Waals surface area contributed by atoms with E-state index in [1.165, 1.54) is 23.3 Å². The van der Waals surface area contributed by atoms with Crippen LogP contribution < -0.4 is 5.32 Å². The van der Waals surface area contributed by atoms with Crippen LogP contribution in [0.15, 0.2) is 115 Å². The van der Waals surface area contributed by atoms with Gasteiger partial charge in [-0.15, -0.1) is 0 Å². The quantitative estimate of drug-likeness (QED) is 0.129. The van der Waals surface area contributed by atoms with E-state index in [1.807, 2.05) is 60.7 Å². The smallest absolute Gasteiger partial charge is 0.303 e. The first-order chi connectivity index (χ1) is 24.7. The number of ether oxygens (including phenoxy) is 3. The highest BCUT2D eigenvalue weighted by Crippen LogP contribution is 2.39. The van der Waals surface area contributed by atoms with Crippen LogP contribution in [0.1, 0.15) is 73.4 Å². The van der Waals surface area contributed by atoms with Crippen molar-refractivity contribution in [1.82, 2.24) is 10.2 Å². The second-order valence-electron chi connectivity index (χ2n) is 13.4. The molecule has 5 aromatic rings. The van der Waals surface area contributed by atoms with Gasteiger partial charge in [0.1, 0.15) is 0 Å². The van der Waals surface area contributed by atoms with Crippen LogP contribution in [0.3, 0.4) is 0 Å². The summed E-state index contributed by atoms with van der Waals surface area (Å²) in [5, 5.41) is 14.9. The number of likely N-dealkylation sites (N-methyl/N-ethyl adjacent to an activating group) is 1. The molecule has 8 heteroatoms. The molecule has 5 atom stereocenters. The van der Waals surface area contributed by atoms with Crippen molar-refractivity contribution in [2.45, 2.75) is 71.0 Å². The zero-order valence-electron chi connectivity index (χ0n) is 29.6. The molecule has 2 N–H and O–H groups in total. The van der Waals surface area contributed by atoms with Gasteiger partial charge in [-0.2, -0.15) is 0 Å². The highest BCUT2D eigenvalue weighted by Gasteiger charge is 2.33. The van der Waals surface area contributed by atoms with E-state index < -0.39 is 18.4 Å². The first-order valence-electron chi connectivity index (χ1n) is 17.5. The fraction of sp³-hybridized carbons (Fsp3) is 0.302. The Bertz CT molecular complexity index is 1940. The van der Waals surface area contributed by atoms with Crippen molar-refractivity contribution in [1.29, 1.82) is 0 Å². The SMILES string of the molecule is CC(=O)O[C@@H](C)C(=O)NCc1cccc(-c2ccc([C@@H]3O[C@H](CN(C)[C@H](C)c4ccc5ccccc5c4)C[C@H](c4ccc(CO)cc4)O3)cc2)c1. The fourth-order valence-corrected chi connectivity index (χ4v) is 6.56. The molecule has 1 heterocycles. The number of hydrogen-bond acceptors (Lipinski definition) is 7. The Balaban J connectivity index is 1.17. The van der Waals surface area contributed by atoms with Crippen LogP contribution in [0.4, 0.5) is 0 Å². The van der Waals surface area contributed by atoms with E-state index >= 15 is 0 Å². The van der Waals surface area contributed by atoms with Crippen molar-refractivity contribution in [3.8, 4) is 11.1 Å². The number of benzene rings is 5. The maximum absolute atomic E-state index is 12.3. The molecule has 0 radical (unpaired) electrons. The van der Waals surface area contributed by atoms with Gasteiger partial charge in [0.25, 0.3) is 5.91 Å². The van der Waals surface area contributed by atoms with E-state index in [0.717, 1.165) is 39.9 Å². The zero-order chi connectivity index (χ0) is 35.9. The predicted octanol–water partition coefficient (Wildman–Crippen LogP) is 7.81. The number of rotatable bonds is 12. The van der Waals surface area contributed by atoms with Gasteiger partial charge < -0.3 is 24.6 Å². The van der Waals surface area contributed by atoms with Crippen LogP contribution >= 0.6 is 0 Å². The normalized spacial score (nSPS) is 18.7. The van der Waals surface area contributed by atoms with Gasteiger partial charge in [0, 0.05) is 38.0 Å². The Hall–Kier alpha value is -4.86. The van der Waals surface area contributed by atoms with E-state index in [0.29, 0.717) is 13.0 Å². The summed E-state index contributed by atoms with van der Waals surface area (Å²) in [5.41, 5.74) is 7.06. The summed E-state index contributed by atoms with van der Waals surface area (Å²) < 4.78 is 18.3. The molecule has 1 saturated heterocycles. The minimum Gasteiger partial charge on any atom is -0.453 e. The number of carbonyl (C=O) groups excluding carboxylic acids is 2. The number of hydrogen-bond donors (Lipinski definition) is 2. The average Bonchev–Trinajstić information content (AvgIpc) is 3.16. The number of fused-ring (bicyclic) bond motifs is 1. The molecule has 0 bridgehead atoms. The zero-order valence-corrected chi connectivity index (χ0v) is 29.6. The maximum atomic E-state index is 12.3. The Kier molecular flexibility index (Phi) is 11.6. The van der Waals surface area contributed by atoms with Gasteiger partial charge in [0.15, 0.2) is 12.4 Å². The minimum atomic E-state index is -0.852. The van der Waals surface area contributed by atoms with Crippen molar-refractivity contribution in [2.75, 3.05) is 13.6 Å². The summed E-state index contributed by atoms with van der Waals surface area (Å²) >= 11 is 0. The van der Waals surface area contributed by atoms with Crippen LogP contribution in [-0.2, 0) is 37.0 Å². The van der Waals surface area contributed by atoms with Gasteiger partial charge in [0.05, 0.1) is 18.8 Å².